The van der Waals surface area contributed by atoms with E-state index in [2.05, 4.69) is 40.2 Å². The van der Waals surface area contributed by atoms with Gasteiger partial charge in [0.1, 0.15) is 0 Å². The van der Waals surface area contributed by atoms with Gasteiger partial charge in [-0.25, -0.2) is 0 Å². The van der Waals surface area contributed by atoms with Crippen LogP contribution in [-0.4, -0.2) is 4.98 Å². The molecule has 0 amide bonds. The van der Waals surface area contributed by atoms with Crippen LogP contribution in [0.5, 0.6) is 0 Å². The van der Waals surface area contributed by atoms with E-state index in [1.54, 1.807) is 0 Å². The highest BCUT2D eigenvalue weighted by atomic mass is 15.2. The van der Waals surface area contributed by atoms with Gasteiger partial charge in [0.25, 0.3) is 0 Å². The van der Waals surface area contributed by atoms with Gasteiger partial charge in [-0.05, 0) is 35.4 Å². The Kier molecular flexibility index (Phi) is 2.39. The molecule has 3 aromatic rings. The number of nitrogens with two attached hydrogens (primary N) is 1. The molecule has 0 fully saturated rings. The number of pyridine rings is 1. The summed E-state index contributed by atoms with van der Waals surface area (Å²) >= 11 is 0. The zero-order valence-corrected chi connectivity index (χ0v) is 11.1. The fourth-order valence-electron chi connectivity index (χ4n) is 2.94. The Morgan fingerprint density at radius 1 is 0.900 bits per heavy atom. The summed E-state index contributed by atoms with van der Waals surface area (Å²) in [5.41, 5.74) is 11.8. The smallest absolute Gasteiger partial charge is 0.0956 e. The number of hydrogen-bond donors (Lipinski definition) is 1. The number of benzene rings is 2. The maximum Gasteiger partial charge on any atom is 0.0956 e. The first-order chi connectivity index (χ1) is 9.83. The SMILES string of the molecule is Nc1ccc(N2Cc3ccccc3C2)c2ncccc12. The van der Waals surface area contributed by atoms with Crippen LogP contribution >= 0.6 is 0 Å². The summed E-state index contributed by atoms with van der Waals surface area (Å²) in [7, 11) is 0. The second-order valence-electron chi connectivity index (χ2n) is 5.20. The molecule has 1 aromatic heterocycles. The van der Waals surface area contributed by atoms with Gasteiger partial charge in [-0.1, -0.05) is 24.3 Å². The van der Waals surface area contributed by atoms with Gasteiger partial charge in [0, 0.05) is 30.4 Å². The van der Waals surface area contributed by atoms with Gasteiger partial charge in [0.05, 0.1) is 11.2 Å². The molecule has 2 N–H and O–H groups in total. The minimum atomic E-state index is 0.786. The second kappa shape index (κ2) is 4.23. The molecule has 0 radical (unpaired) electrons. The lowest BCUT2D eigenvalue weighted by atomic mass is 10.1. The first-order valence-electron chi connectivity index (χ1n) is 6.78. The fraction of sp³-hybridized carbons (Fsp3) is 0.118. The molecule has 98 valence electrons. The molecule has 0 saturated heterocycles. The van der Waals surface area contributed by atoms with Crippen LogP contribution in [0.4, 0.5) is 11.4 Å². The molecule has 2 aromatic carbocycles. The summed E-state index contributed by atoms with van der Waals surface area (Å²) in [6, 6.07) is 16.6. The molecular formula is C17H15N3. The van der Waals surface area contributed by atoms with Crippen LogP contribution in [0.3, 0.4) is 0 Å². The van der Waals surface area contributed by atoms with E-state index in [1.165, 1.54) is 11.1 Å². The molecule has 0 bridgehead atoms. The van der Waals surface area contributed by atoms with Crippen molar-refractivity contribution in [2.45, 2.75) is 13.1 Å². The van der Waals surface area contributed by atoms with E-state index in [9.17, 15) is 0 Å². The van der Waals surface area contributed by atoms with E-state index in [1.807, 2.05) is 24.4 Å². The molecular weight excluding hydrogens is 246 g/mol. The Morgan fingerprint density at radius 2 is 1.65 bits per heavy atom. The average molecular weight is 261 g/mol. The summed E-state index contributed by atoms with van der Waals surface area (Å²) in [4.78, 5) is 6.89. The van der Waals surface area contributed by atoms with E-state index < -0.39 is 0 Å². The number of anilines is 2. The molecule has 0 saturated carbocycles. The zero-order valence-electron chi connectivity index (χ0n) is 11.1. The van der Waals surface area contributed by atoms with Crippen LogP contribution < -0.4 is 10.6 Å². The maximum absolute atomic E-state index is 6.05. The van der Waals surface area contributed by atoms with Gasteiger partial charge >= 0.3 is 0 Å². The monoisotopic (exact) mass is 261 g/mol. The van der Waals surface area contributed by atoms with E-state index >= 15 is 0 Å². The lowest BCUT2D eigenvalue weighted by Crippen LogP contribution is -2.15. The second-order valence-corrected chi connectivity index (χ2v) is 5.20. The third kappa shape index (κ3) is 1.63. The van der Waals surface area contributed by atoms with E-state index in [0.717, 1.165) is 35.4 Å². The quantitative estimate of drug-likeness (QED) is 0.683. The molecule has 2 heterocycles. The molecule has 0 aliphatic carbocycles. The molecule has 1 aliphatic rings. The lowest BCUT2D eigenvalue weighted by Gasteiger charge is -2.19. The van der Waals surface area contributed by atoms with E-state index in [0.29, 0.717) is 0 Å². The predicted molar refractivity (Wildman–Crippen MR) is 82.5 cm³/mol. The summed E-state index contributed by atoms with van der Waals surface area (Å²) in [5, 5.41) is 1.03. The maximum atomic E-state index is 6.05. The molecule has 0 atom stereocenters. The number of rotatable bonds is 1. The number of nitrogens with zero attached hydrogens (tertiary/aromatic N) is 2. The summed E-state index contributed by atoms with van der Waals surface area (Å²) in [5.74, 6) is 0. The highest BCUT2D eigenvalue weighted by molar-refractivity contribution is 5.98. The van der Waals surface area contributed by atoms with Crippen LogP contribution in [-0.2, 0) is 13.1 Å². The van der Waals surface area contributed by atoms with Crippen molar-refractivity contribution in [2.75, 3.05) is 10.6 Å². The summed E-state index contributed by atoms with van der Waals surface area (Å²) in [6.45, 7) is 1.87. The third-order valence-electron chi connectivity index (χ3n) is 3.96. The van der Waals surface area contributed by atoms with Crippen LogP contribution in [0.2, 0.25) is 0 Å². The van der Waals surface area contributed by atoms with Gasteiger partial charge in [0.15, 0.2) is 0 Å². The van der Waals surface area contributed by atoms with Gasteiger partial charge in [-0.3, -0.25) is 4.98 Å². The van der Waals surface area contributed by atoms with Gasteiger partial charge < -0.3 is 10.6 Å². The molecule has 4 rings (SSSR count). The molecule has 3 nitrogen and oxygen atoms in total. The fourth-order valence-corrected chi connectivity index (χ4v) is 2.94. The highest BCUT2D eigenvalue weighted by Gasteiger charge is 2.20. The molecule has 0 spiro atoms. The lowest BCUT2D eigenvalue weighted by molar-refractivity contribution is 0.884. The minimum absolute atomic E-state index is 0.786. The standard InChI is InChI=1S/C17H15N3/c18-15-7-8-16(17-14(15)6-3-9-19-17)20-10-12-4-1-2-5-13(12)11-20/h1-9H,10-11,18H2. The van der Waals surface area contributed by atoms with Crippen molar-refractivity contribution < 1.29 is 0 Å². The Bertz CT molecular complexity index is 770. The van der Waals surface area contributed by atoms with E-state index in [4.69, 9.17) is 5.73 Å². The Hall–Kier alpha value is -2.55. The number of aromatic nitrogens is 1. The largest absolute Gasteiger partial charge is 0.398 e. The normalized spacial score (nSPS) is 13.7. The van der Waals surface area contributed by atoms with Crippen molar-refractivity contribution in [1.29, 1.82) is 0 Å². The first-order valence-corrected chi connectivity index (χ1v) is 6.78. The van der Waals surface area contributed by atoms with E-state index in [-0.39, 0.29) is 0 Å². The van der Waals surface area contributed by atoms with Crippen LogP contribution in [0, 0.1) is 0 Å². The highest BCUT2D eigenvalue weighted by Crippen LogP contribution is 2.34. The Morgan fingerprint density at radius 3 is 2.40 bits per heavy atom. The Balaban J connectivity index is 1.83. The molecule has 0 unspecified atom stereocenters. The van der Waals surface area contributed by atoms with Crippen molar-refractivity contribution in [3.05, 3.63) is 65.9 Å². The number of hydrogen-bond acceptors (Lipinski definition) is 3. The van der Waals surface area contributed by atoms with Crippen molar-refractivity contribution in [3.8, 4) is 0 Å². The van der Waals surface area contributed by atoms with Gasteiger partial charge in [0.2, 0.25) is 0 Å². The predicted octanol–water partition coefficient (Wildman–Crippen LogP) is 3.34. The topological polar surface area (TPSA) is 42.1 Å². The summed E-state index contributed by atoms with van der Waals surface area (Å²) in [6.07, 6.45) is 1.83. The summed E-state index contributed by atoms with van der Waals surface area (Å²) < 4.78 is 0. The van der Waals surface area contributed by atoms with Crippen LogP contribution in [0.1, 0.15) is 11.1 Å². The number of nitrogen functional groups attached to an aromatic ring is 1. The van der Waals surface area contributed by atoms with Crippen molar-refractivity contribution >= 4 is 22.3 Å². The molecule has 1 aliphatic heterocycles. The number of fused-ring (bicyclic) bond motifs is 2. The third-order valence-corrected chi connectivity index (χ3v) is 3.96. The van der Waals surface area contributed by atoms with Crippen molar-refractivity contribution in [3.63, 3.8) is 0 Å². The average Bonchev–Trinajstić information content (AvgIpc) is 2.91. The zero-order chi connectivity index (χ0) is 13.5. The van der Waals surface area contributed by atoms with Crippen molar-refractivity contribution in [2.24, 2.45) is 0 Å². The minimum Gasteiger partial charge on any atom is -0.398 e. The first kappa shape index (κ1) is 11.3. The van der Waals surface area contributed by atoms with Crippen LogP contribution in [0.25, 0.3) is 10.9 Å². The van der Waals surface area contributed by atoms with Crippen LogP contribution in [0.15, 0.2) is 54.7 Å². The Labute approximate surface area is 117 Å². The molecule has 20 heavy (non-hydrogen) atoms. The van der Waals surface area contributed by atoms with Gasteiger partial charge in [-0.15, -0.1) is 0 Å². The molecule has 3 heteroatoms. The van der Waals surface area contributed by atoms with Crippen molar-refractivity contribution in [1.82, 2.24) is 4.98 Å². The van der Waals surface area contributed by atoms with Gasteiger partial charge in [-0.2, -0.15) is 0 Å².